The number of carbonyl (C=O) groups is 3. The van der Waals surface area contributed by atoms with Crippen LogP contribution in [0.1, 0.15) is 19.8 Å². The summed E-state index contributed by atoms with van der Waals surface area (Å²) in [6.07, 6.45) is -0.0789. The topological polar surface area (TPSA) is 116 Å². The normalized spacial score (nSPS) is 21.7. The Labute approximate surface area is 165 Å². The predicted molar refractivity (Wildman–Crippen MR) is 98.3 cm³/mol. The zero-order chi connectivity index (χ0) is 20.1. The fraction of sp³-hybridized carbons (Fsp3) is 0.471. The van der Waals surface area contributed by atoms with E-state index in [1.165, 1.54) is 18.2 Å². The number of hydrogen-bond acceptors (Lipinski definition) is 6. The summed E-state index contributed by atoms with van der Waals surface area (Å²) in [5.41, 5.74) is 0.347. The predicted octanol–water partition coefficient (Wildman–Crippen LogP) is 2.98. The van der Waals surface area contributed by atoms with Crippen LogP contribution in [-0.4, -0.2) is 35.7 Å². The molecule has 1 amide bonds. The summed E-state index contributed by atoms with van der Waals surface area (Å²) in [6, 6.07) is 4.46. The first-order valence-corrected chi connectivity index (χ1v) is 8.97. The highest BCUT2D eigenvalue weighted by molar-refractivity contribution is 6.35. The van der Waals surface area contributed by atoms with Crippen molar-refractivity contribution >= 4 is 46.5 Å². The maximum atomic E-state index is 12.0. The van der Waals surface area contributed by atoms with Crippen molar-refractivity contribution in [2.45, 2.75) is 19.8 Å². The van der Waals surface area contributed by atoms with Gasteiger partial charge in [-0.3, -0.25) is 24.5 Å². The highest BCUT2D eigenvalue weighted by atomic mass is 35.5. The van der Waals surface area contributed by atoms with Gasteiger partial charge in [0.25, 0.3) is 5.91 Å². The van der Waals surface area contributed by atoms with Gasteiger partial charge in [0, 0.05) is 38.9 Å². The molecule has 2 rings (SSSR count). The number of rotatable bonds is 7. The molecule has 0 radical (unpaired) electrons. The van der Waals surface area contributed by atoms with E-state index >= 15 is 0 Å². The molecule has 1 aliphatic carbocycles. The number of nitro groups is 1. The van der Waals surface area contributed by atoms with Gasteiger partial charge in [-0.15, -0.1) is 0 Å². The van der Waals surface area contributed by atoms with Crippen molar-refractivity contribution in [3.05, 3.63) is 38.4 Å². The first kappa shape index (κ1) is 21.1. The second-order valence-corrected chi connectivity index (χ2v) is 7.38. The van der Waals surface area contributed by atoms with Crippen LogP contribution < -0.4 is 5.32 Å². The fourth-order valence-corrected chi connectivity index (χ4v) is 3.73. The van der Waals surface area contributed by atoms with Gasteiger partial charge in [0.15, 0.2) is 6.61 Å². The Kier molecular flexibility index (Phi) is 7.15. The van der Waals surface area contributed by atoms with E-state index in [0.29, 0.717) is 15.7 Å². The summed E-state index contributed by atoms with van der Waals surface area (Å²) in [7, 11) is 0. The smallest absolute Gasteiger partial charge is 0.307 e. The van der Waals surface area contributed by atoms with Crippen molar-refractivity contribution in [1.29, 1.82) is 0 Å². The van der Waals surface area contributed by atoms with Gasteiger partial charge < -0.3 is 10.1 Å². The minimum Gasteiger partial charge on any atom is -0.456 e. The Morgan fingerprint density at radius 2 is 1.93 bits per heavy atom. The molecule has 8 nitrogen and oxygen atoms in total. The highest BCUT2D eigenvalue weighted by Gasteiger charge is 2.44. The minimum atomic E-state index is -0.757. The number of ketones is 1. The number of hydrogen-bond donors (Lipinski definition) is 1. The van der Waals surface area contributed by atoms with E-state index < -0.39 is 35.2 Å². The zero-order valence-corrected chi connectivity index (χ0v) is 16.0. The molecule has 3 atom stereocenters. The van der Waals surface area contributed by atoms with Gasteiger partial charge in [0.2, 0.25) is 6.54 Å². The minimum absolute atomic E-state index is 0.170. The van der Waals surface area contributed by atoms with Crippen LogP contribution in [0.15, 0.2) is 18.2 Å². The van der Waals surface area contributed by atoms with Crippen molar-refractivity contribution in [2.75, 3.05) is 18.5 Å². The molecule has 1 aromatic carbocycles. The van der Waals surface area contributed by atoms with Crippen LogP contribution in [0, 0.1) is 27.9 Å². The first-order chi connectivity index (χ1) is 12.7. The van der Waals surface area contributed by atoms with Gasteiger partial charge >= 0.3 is 5.97 Å². The number of ether oxygens (including phenoxy) is 1. The van der Waals surface area contributed by atoms with Crippen molar-refractivity contribution in [2.24, 2.45) is 17.8 Å². The molecule has 1 aliphatic rings. The van der Waals surface area contributed by atoms with E-state index in [2.05, 4.69) is 5.32 Å². The Morgan fingerprint density at radius 1 is 1.30 bits per heavy atom. The van der Waals surface area contributed by atoms with Crippen LogP contribution in [-0.2, 0) is 19.1 Å². The van der Waals surface area contributed by atoms with E-state index in [0.717, 1.165) is 0 Å². The standard InChI is InChI=1S/C17H18Cl2N2O6/c1-9-2-15(22)13(14(9)7-21(25)26)6-17(24)27-8-16(23)20-12-4-10(18)3-11(19)5-12/h3-5,9,13-14H,2,6-8H2,1H3,(H,20,23)/t9-,13-,14-/m1/s1. The Balaban J connectivity index is 1.86. The van der Waals surface area contributed by atoms with Crippen molar-refractivity contribution in [3.8, 4) is 0 Å². The molecular formula is C17H18Cl2N2O6. The lowest BCUT2D eigenvalue weighted by Crippen LogP contribution is -2.28. The zero-order valence-electron chi connectivity index (χ0n) is 14.4. The molecule has 0 heterocycles. The quantitative estimate of drug-likeness (QED) is 0.414. The number of Topliss-reactive ketones (excluding diaryl/α,β-unsaturated/α-hetero) is 1. The number of nitrogens with one attached hydrogen (secondary N) is 1. The molecular weight excluding hydrogens is 399 g/mol. The van der Waals surface area contributed by atoms with E-state index in [9.17, 15) is 24.5 Å². The third-order valence-corrected chi connectivity index (χ3v) is 4.88. The second-order valence-electron chi connectivity index (χ2n) is 6.50. The van der Waals surface area contributed by atoms with Gasteiger partial charge in [0.05, 0.1) is 6.42 Å². The van der Waals surface area contributed by atoms with Gasteiger partial charge in [-0.05, 0) is 24.1 Å². The van der Waals surface area contributed by atoms with Crippen molar-refractivity contribution in [1.82, 2.24) is 0 Å². The Hall–Kier alpha value is -2.19. The largest absolute Gasteiger partial charge is 0.456 e. The Bertz CT molecular complexity index is 750. The summed E-state index contributed by atoms with van der Waals surface area (Å²) >= 11 is 11.7. The highest BCUT2D eigenvalue weighted by Crippen LogP contribution is 2.36. The molecule has 1 N–H and O–H groups in total. The number of nitrogens with zero attached hydrogens (tertiary/aromatic N) is 1. The van der Waals surface area contributed by atoms with Crippen LogP contribution in [0.4, 0.5) is 5.69 Å². The van der Waals surface area contributed by atoms with Crippen molar-refractivity contribution in [3.63, 3.8) is 0 Å². The average Bonchev–Trinajstić information content (AvgIpc) is 2.78. The first-order valence-electron chi connectivity index (χ1n) is 8.21. The molecule has 0 saturated heterocycles. The Morgan fingerprint density at radius 3 is 2.52 bits per heavy atom. The van der Waals surface area contributed by atoms with Crippen LogP contribution in [0.2, 0.25) is 10.0 Å². The average molecular weight is 417 g/mol. The lowest BCUT2D eigenvalue weighted by molar-refractivity contribution is -0.490. The van der Waals surface area contributed by atoms with Gasteiger partial charge in [-0.2, -0.15) is 0 Å². The van der Waals surface area contributed by atoms with Crippen molar-refractivity contribution < 1.29 is 24.0 Å². The molecule has 0 spiro atoms. The number of halogens is 2. The summed E-state index contributed by atoms with van der Waals surface area (Å²) < 4.78 is 4.90. The van der Waals surface area contributed by atoms with Crippen LogP contribution >= 0.6 is 23.2 Å². The molecule has 0 unspecified atom stereocenters. The maximum absolute atomic E-state index is 12.0. The number of benzene rings is 1. The van der Waals surface area contributed by atoms with Gasteiger partial charge in [-0.25, -0.2) is 0 Å². The molecule has 0 bridgehead atoms. The van der Waals surface area contributed by atoms with Gasteiger partial charge in [0.1, 0.15) is 5.78 Å². The molecule has 10 heteroatoms. The van der Waals surface area contributed by atoms with Crippen LogP contribution in [0.3, 0.4) is 0 Å². The molecule has 1 fully saturated rings. The monoisotopic (exact) mass is 416 g/mol. The number of amides is 1. The number of esters is 1. The molecule has 0 aromatic heterocycles. The summed E-state index contributed by atoms with van der Waals surface area (Å²) in [5, 5.41) is 13.9. The lowest BCUT2D eigenvalue weighted by Gasteiger charge is -2.17. The van der Waals surface area contributed by atoms with E-state index in [4.69, 9.17) is 27.9 Å². The molecule has 27 heavy (non-hydrogen) atoms. The fourth-order valence-electron chi connectivity index (χ4n) is 3.21. The van der Waals surface area contributed by atoms with E-state index in [1.54, 1.807) is 6.92 Å². The molecule has 1 aromatic rings. The van der Waals surface area contributed by atoms with E-state index in [1.807, 2.05) is 0 Å². The SMILES string of the molecule is C[C@@H]1CC(=O)[C@H](CC(=O)OCC(=O)Nc2cc(Cl)cc(Cl)c2)[C@@H]1C[N+](=O)[O-]. The number of anilines is 1. The summed E-state index contributed by atoms with van der Waals surface area (Å²) in [4.78, 5) is 46.2. The third-order valence-electron chi connectivity index (χ3n) is 4.44. The second kappa shape index (κ2) is 9.14. The number of carbonyl (C=O) groups excluding carboxylic acids is 3. The van der Waals surface area contributed by atoms with Gasteiger partial charge in [-0.1, -0.05) is 30.1 Å². The van der Waals surface area contributed by atoms with E-state index in [-0.39, 0.29) is 31.1 Å². The van der Waals surface area contributed by atoms with Crippen LogP contribution in [0.25, 0.3) is 0 Å². The molecule has 146 valence electrons. The lowest BCUT2D eigenvalue weighted by atomic mass is 9.88. The molecule has 0 aliphatic heterocycles. The maximum Gasteiger partial charge on any atom is 0.307 e. The summed E-state index contributed by atoms with van der Waals surface area (Å²) in [5.74, 6) is -2.99. The van der Waals surface area contributed by atoms with Crippen LogP contribution in [0.5, 0.6) is 0 Å². The third kappa shape index (κ3) is 6.18. The summed E-state index contributed by atoms with van der Waals surface area (Å²) in [6.45, 7) is 0.821. The molecule has 1 saturated carbocycles.